The van der Waals surface area contributed by atoms with Crippen molar-refractivity contribution in [1.29, 1.82) is 0 Å². The van der Waals surface area contributed by atoms with Crippen LogP contribution in [0, 0.1) is 0 Å². The quantitative estimate of drug-likeness (QED) is 0.842. The topological polar surface area (TPSA) is 77.6 Å². The maximum Gasteiger partial charge on any atom is 0.244 e. The van der Waals surface area contributed by atoms with E-state index in [1.807, 2.05) is 4.57 Å². The maximum atomic E-state index is 12.6. The molecule has 0 bridgehead atoms. The number of likely N-dealkylation sites (N-methyl/N-ethyl adjacent to an activating group) is 1. The summed E-state index contributed by atoms with van der Waals surface area (Å²) in [5, 5.41) is 0. The summed E-state index contributed by atoms with van der Waals surface area (Å²) in [5.74, 6) is 0. The third kappa shape index (κ3) is 2.90. The molecule has 1 atom stereocenters. The summed E-state index contributed by atoms with van der Waals surface area (Å²) in [5.41, 5.74) is 6.54. The Hall–Kier alpha value is -0.890. The summed E-state index contributed by atoms with van der Waals surface area (Å²) in [6.07, 6.45) is 3.37. The van der Waals surface area contributed by atoms with E-state index in [0.29, 0.717) is 24.7 Å². The van der Waals surface area contributed by atoms with Crippen molar-refractivity contribution in [1.82, 2.24) is 8.87 Å². The smallest absolute Gasteiger partial charge is 0.244 e. The summed E-state index contributed by atoms with van der Waals surface area (Å²) in [6.45, 7) is 4.26. The molecule has 114 valence electrons. The second-order valence-corrected chi connectivity index (χ2v) is 7.10. The number of aryl methyl sites for hydroxylation is 1. The van der Waals surface area contributed by atoms with Crippen molar-refractivity contribution in [2.75, 3.05) is 20.3 Å². The van der Waals surface area contributed by atoms with E-state index in [-0.39, 0.29) is 6.04 Å². The van der Waals surface area contributed by atoms with Gasteiger partial charge in [0.1, 0.15) is 4.90 Å². The predicted molar refractivity (Wildman–Crippen MR) is 76.8 cm³/mol. The number of nitrogens with zero attached hydrogens (tertiary/aromatic N) is 2. The molecular weight excluding hydrogens is 278 g/mol. The molecular formula is C13H23N3O3S. The van der Waals surface area contributed by atoms with Crippen LogP contribution in [0.1, 0.15) is 25.5 Å². The first kappa shape index (κ1) is 15.5. The molecule has 0 aliphatic carbocycles. The fourth-order valence-electron chi connectivity index (χ4n) is 2.46. The Morgan fingerprint density at radius 1 is 1.55 bits per heavy atom. The van der Waals surface area contributed by atoms with Crippen molar-refractivity contribution in [2.24, 2.45) is 5.73 Å². The second-order valence-electron chi connectivity index (χ2n) is 5.10. The Kier molecular flexibility index (Phi) is 4.85. The molecule has 1 aromatic heterocycles. The van der Waals surface area contributed by atoms with Gasteiger partial charge in [-0.05, 0) is 18.9 Å². The van der Waals surface area contributed by atoms with Crippen LogP contribution in [0.2, 0.25) is 0 Å². The maximum absolute atomic E-state index is 12.6. The monoisotopic (exact) mass is 301 g/mol. The molecule has 1 aromatic rings. The number of hydrogen-bond acceptors (Lipinski definition) is 4. The van der Waals surface area contributed by atoms with Crippen molar-refractivity contribution < 1.29 is 13.2 Å². The lowest BCUT2D eigenvalue weighted by molar-refractivity contribution is 0.181. The van der Waals surface area contributed by atoms with Crippen LogP contribution in [0.3, 0.4) is 0 Å². The van der Waals surface area contributed by atoms with E-state index in [1.165, 1.54) is 4.31 Å². The minimum absolute atomic E-state index is 0.0733. The highest BCUT2D eigenvalue weighted by atomic mass is 32.2. The molecule has 0 amide bonds. The summed E-state index contributed by atoms with van der Waals surface area (Å²) in [6, 6.07) is 1.60. The molecule has 0 spiro atoms. The molecule has 0 aromatic carbocycles. The Morgan fingerprint density at radius 2 is 2.30 bits per heavy atom. The lowest BCUT2D eigenvalue weighted by atomic mass is 10.3. The summed E-state index contributed by atoms with van der Waals surface area (Å²) in [4.78, 5) is 0.320. The SMILES string of the molecule is CCCn1cc(S(=O)(=O)N(C)C2CCOC2)cc1CN. The second kappa shape index (κ2) is 6.26. The number of nitrogens with two attached hydrogens (primary N) is 1. The van der Waals surface area contributed by atoms with Crippen molar-refractivity contribution in [3.05, 3.63) is 18.0 Å². The van der Waals surface area contributed by atoms with Crippen LogP contribution in [0.4, 0.5) is 0 Å². The Balaban J connectivity index is 2.28. The largest absolute Gasteiger partial charge is 0.380 e. The van der Waals surface area contributed by atoms with Gasteiger partial charge in [-0.1, -0.05) is 6.92 Å². The zero-order chi connectivity index (χ0) is 14.8. The van der Waals surface area contributed by atoms with Gasteiger partial charge in [0.15, 0.2) is 0 Å². The van der Waals surface area contributed by atoms with Gasteiger partial charge in [-0.15, -0.1) is 0 Å². The molecule has 1 unspecified atom stereocenters. The van der Waals surface area contributed by atoms with E-state index in [4.69, 9.17) is 10.5 Å². The number of aromatic nitrogens is 1. The molecule has 1 aliphatic heterocycles. The van der Waals surface area contributed by atoms with Gasteiger partial charge < -0.3 is 15.0 Å². The first-order chi connectivity index (χ1) is 9.50. The molecule has 1 fully saturated rings. The highest BCUT2D eigenvalue weighted by Gasteiger charge is 2.31. The van der Waals surface area contributed by atoms with Crippen molar-refractivity contribution in [3.63, 3.8) is 0 Å². The molecule has 0 radical (unpaired) electrons. The molecule has 2 heterocycles. The summed E-state index contributed by atoms with van der Waals surface area (Å²) >= 11 is 0. The minimum Gasteiger partial charge on any atom is -0.380 e. The van der Waals surface area contributed by atoms with Crippen LogP contribution in [-0.4, -0.2) is 43.6 Å². The van der Waals surface area contributed by atoms with E-state index in [1.54, 1.807) is 19.3 Å². The van der Waals surface area contributed by atoms with Gasteiger partial charge in [0.25, 0.3) is 0 Å². The van der Waals surface area contributed by atoms with Crippen LogP contribution < -0.4 is 5.73 Å². The average Bonchev–Trinajstić information content (AvgIpc) is 3.07. The van der Waals surface area contributed by atoms with E-state index < -0.39 is 10.0 Å². The van der Waals surface area contributed by atoms with E-state index >= 15 is 0 Å². The highest BCUT2D eigenvalue weighted by molar-refractivity contribution is 7.89. The van der Waals surface area contributed by atoms with Gasteiger partial charge in [-0.25, -0.2) is 8.42 Å². The molecule has 1 saturated heterocycles. The standard InChI is InChI=1S/C13H23N3O3S/c1-3-5-16-9-13(7-12(16)8-14)20(17,18)15(2)11-4-6-19-10-11/h7,9,11H,3-6,8,10,14H2,1-2H3. The third-order valence-corrected chi connectivity index (χ3v) is 5.61. The van der Waals surface area contributed by atoms with Gasteiger partial charge in [0, 0.05) is 38.6 Å². The van der Waals surface area contributed by atoms with Gasteiger partial charge >= 0.3 is 0 Å². The zero-order valence-electron chi connectivity index (χ0n) is 12.1. The van der Waals surface area contributed by atoms with Gasteiger partial charge in [-0.2, -0.15) is 4.31 Å². The van der Waals surface area contributed by atoms with E-state index in [0.717, 1.165) is 25.1 Å². The molecule has 2 rings (SSSR count). The van der Waals surface area contributed by atoms with Crippen LogP contribution in [0.5, 0.6) is 0 Å². The van der Waals surface area contributed by atoms with Crippen LogP contribution in [-0.2, 0) is 27.8 Å². The normalized spacial score (nSPS) is 19.9. The Morgan fingerprint density at radius 3 is 2.85 bits per heavy atom. The lowest BCUT2D eigenvalue weighted by Crippen LogP contribution is -2.37. The van der Waals surface area contributed by atoms with E-state index in [2.05, 4.69) is 6.92 Å². The predicted octanol–water partition coefficient (Wildman–Crippen LogP) is 0.766. The Bertz CT molecular complexity index is 547. The summed E-state index contributed by atoms with van der Waals surface area (Å²) < 4.78 is 33.9. The van der Waals surface area contributed by atoms with Crippen molar-refractivity contribution in [2.45, 2.75) is 43.8 Å². The van der Waals surface area contributed by atoms with Crippen molar-refractivity contribution in [3.8, 4) is 0 Å². The van der Waals surface area contributed by atoms with Crippen molar-refractivity contribution >= 4 is 10.0 Å². The molecule has 1 aliphatic rings. The van der Waals surface area contributed by atoms with Gasteiger partial charge in [-0.3, -0.25) is 0 Å². The van der Waals surface area contributed by atoms with E-state index in [9.17, 15) is 8.42 Å². The lowest BCUT2D eigenvalue weighted by Gasteiger charge is -2.21. The molecule has 7 heteroatoms. The number of rotatable bonds is 6. The van der Waals surface area contributed by atoms with Gasteiger partial charge in [0.05, 0.1) is 12.6 Å². The first-order valence-electron chi connectivity index (χ1n) is 6.95. The molecule has 20 heavy (non-hydrogen) atoms. The third-order valence-electron chi connectivity index (χ3n) is 3.73. The Labute approximate surface area is 120 Å². The molecule has 2 N–H and O–H groups in total. The zero-order valence-corrected chi connectivity index (χ0v) is 12.9. The average molecular weight is 301 g/mol. The number of ether oxygens (including phenoxy) is 1. The minimum atomic E-state index is -3.48. The number of sulfonamides is 1. The highest BCUT2D eigenvalue weighted by Crippen LogP contribution is 2.23. The van der Waals surface area contributed by atoms with Crippen LogP contribution in [0.15, 0.2) is 17.2 Å². The fraction of sp³-hybridized carbons (Fsp3) is 0.692. The van der Waals surface area contributed by atoms with Crippen LogP contribution >= 0.6 is 0 Å². The van der Waals surface area contributed by atoms with Gasteiger partial charge in [0.2, 0.25) is 10.0 Å². The fourth-order valence-corrected chi connectivity index (χ4v) is 3.90. The van der Waals surface area contributed by atoms with Crippen LogP contribution in [0.25, 0.3) is 0 Å². The molecule has 0 saturated carbocycles. The molecule has 6 nitrogen and oxygen atoms in total. The number of hydrogen-bond donors (Lipinski definition) is 1. The summed E-state index contributed by atoms with van der Waals surface area (Å²) in [7, 11) is -1.86. The first-order valence-corrected chi connectivity index (χ1v) is 8.39.